The van der Waals surface area contributed by atoms with Crippen molar-refractivity contribution in [2.75, 3.05) is 5.73 Å². The normalized spacial score (nSPS) is 10.4. The third-order valence-electron chi connectivity index (χ3n) is 2.03. The number of nitrogens with one attached hydrogen (secondary N) is 1. The third-order valence-corrected chi connectivity index (χ3v) is 2.72. The van der Waals surface area contributed by atoms with Crippen molar-refractivity contribution in [1.29, 1.82) is 0 Å². The Labute approximate surface area is 90.5 Å². The summed E-state index contributed by atoms with van der Waals surface area (Å²) in [5.41, 5.74) is 8.52. The lowest BCUT2D eigenvalue weighted by Gasteiger charge is -2.00. The Balaban J connectivity index is 2.60. The van der Waals surface area contributed by atoms with Crippen LogP contribution in [0.25, 0.3) is 11.3 Å². The molecule has 0 aliphatic rings. The monoisotopic (exact) mass is 251 g/mol. The molecule has 2 aromatic rings. The first kappa shape index (κ1) is 9.27. The highest BCUT2D eigenvalue weighted by molar-refractivity contribution is 9.10. The molecule has 4 heteroatoms. The molecule has 0 aliphatic heterocycles. The molecule has 0 amide bonds. The molecule has 0 unspecified atom stereocenters. The summed E-state index contributed by atoms with van der Waals surface area (Å²) in [6.45, 7) is 1.96. The van der Waals surface area contributed by atoms with Crippen LogP contribution in [0.4, 0.5) is 5.95 Å². The second kappa shape index (κ2) is 3.46. The summed E-state index contributed by atoms with van der Waals surface area (Å²) in [5, 5.41) is 0. The number of nitrogen functional groups attached to an aromatic ring is 1. The zero-order valence-electron chi connectivity index (χ0n) is 7.71. The Hall–Kier alpha value is -1.29. The van der Waals surface area contributed by atoms with E-state index in [9.17, 15) is 0 Å². The van der Waals surface area contributed by atoms with Gasteiger partial charge in [0, 0.05) is 15.7 Å². The van der Waals surface area contributed by atoms with E-state index < -0.39 is 0 Å². The van der Waals surface area contributed by atoms with Crippen LogP contribution in [-0.2, 0) is 0 Å². The number of hydrogen-bond acceptors (Lipinski definition) is 2. The van der Waals surface area contributed by atoms with Gasteiger partial charge in [0.1, 0.15) is 0 Å². The highest BCUT2D eigenvalue weighted by atomic mass is 79.9. The van der Waals surface area contributed by atoms with Gasteiger partial charge in [-0.05, 0) is 13.0 Å². The van der Waals surface area contributed by atoms with E-state index in [0.717, 1.165) is 21.4 Å². The van der Waals surface area contributed by atoms with Gasteiger partial charge in [-0.1, -0.05) is 34.1 Å². The first-order valence-corrected chi connectivity index (χ1v) is 5.05. The summed E-state index contributed by atoms with van der Waals surface area (Å²) in [6, 6.07) is 7.94. The van der Waals surface area contributed by atoms with Gasteiger partial charge in [-0.15, -0.1) is 0 Å². The number of aryl methyl sites for hydroxylation is 1. The average Bonchev–Trinajstić information content (AvgIpc) is 2.46. The first-order chi connectivity index (χ1) is 6.68. The van der Waals surface area contributed by atoms with Gasteiger partial charge in [-0.3, -0.25) is 0 Å². The second-order valence-corrected chi connectivity index (χ2v) is 3.93. The van der Waals surface area contributed by atoms with Crippen LogP contribution in [0.1, 0.15) is 5.69 Å². The van der Waals surface area contributed by atoms with Crippen LogP contribution in [0.3, 0.4) is 0 Å². The van der Waals surface area contributed by atoms with Crippen LogP contribution in [0.5, 0.6) is 0 Å². The molecule has 1 heterocycles. The number of nitrogens with zero attached hydrogens (tertiary/aromatic N) is 1. The Morgan fingerprint density at radius 1 is 1.36 bits per heavy atom. The van der Waals surface area contributed by atoms with E-state index >= 15 is 0 Å². The van der Waals surface area contributed by atoms with Crippen molar-refractivity contribution in [3.63, 3.8) is 0 Å². The average molecular weight is 252 g/mol. The molecular formula is C10H10BrN3. The fourth-order valence-corrected chi connectivity index (χ4v) is 1.87. The van der Waals surface area contributed by atoms with Gasteiger partial charge in [-0.2, -0.15) is 0 Å². The van der Waals surface area contributed by atoms with E-state index in [2.05, 4.69) is 25.9 Å². The lowest BCUT2D eigenvalue weighted by molar-refractivity contribution is 1.26. The molecule has 1 aromatic carbocycles. The van der Waals surface area contributed by atoms with Crippen molar-refractivity contribution in [2.24, 2.45) is 0 Å². The lowest BCUT2D eigenvalue weighted by atomic mass is 10.1. The highest BCUT2D eigenvalue weighted by Gasteiger charge is 2.09. The van der Waals surface area contributed by atoms with Gasteiger partial charge < -0.3 is 10.7 Å². The molecule has 0 fully saturated rings. The number of nitrogens with two attached hydrogens (primary N) is 1. The summed E-state index contributed by atoms with van der Waals surface area (Å²) in [6.07, 6.45) is 0. The Bertz CT molecular complexity index is 462. The van der Waals surface area contributed by atoms with Crippen molar-refractivity contribution >= 4 is 21.9 Å². The predicted octanol–water partition coefficient (Wildman–Crippen LogP) is 2.73. The Morgan fingerprint density at radius 2 is 2.07 bits per heavy atom. The fraction of sp³-hybridized carbons (Fsp3) is 0.100. The minimum Gasteiger partial charge on any atom is -0.369 e. The number of halogens is 1. The zero-order chi connectivity index (χ0) is 10.1. The minimum atomic E-state index is 0.452. The van der Waals surface area contributed by atoms with Gasteiger partial charge in [0.25, 0.3) is 0 Å². The van der Waals surface area contributed by atoms with E-state index in [0.29, 0.717) is 5.95 Å². The lowest BCUT2D eigenvalue weighted by Crippen LogP contribution is -1.85. The summed E-state index contributed by atoms with van der Waals surface area (Å²) >= 11 is 3.48. The summed E-state index contributed by atoms with van der Waals surface area (Å²) < 4.78 is 1.02. The van der Waals surface area contributed by atoms with Crippen LogP contribution in [0.2, 0.25) is 0 Å². The smallest absolute Gasteiger partial charge is 0.198 e. The van der Waals surface area contributed by atoms with Gasteiger partial charge in [-0.25, -0.2) is 4.98 Å². The Morgan fingerprint density at radius 3 is 2.64 bits per heavy atom. The molecule has 0 saturated carbocycles. The number of aromatic nitrogens is 2. The largest absolute Gasteiger partial charge is 0.369 e. The van der Waals surface area contributed by atoms with Crippen molar-refractivity contribution in [1.82, 2.24) is 9.97 Å². The number of imidazole rings is 1. The number of rotatable bonds is 1. The van der Waals surface area contributed by atoms with Crippen molar-refractivity contribution in [3.05, 3.63) is 34.4 Å². The topological polar surface area (TPSA) is 54.7 Å². The maximum Gasteiger partial charge on any atom is 0.198 e. The van der Waals surface area contributed by atoms with Crippen molar-refractivity contribution in [2.45, 2.75) is 6.92 Å². The van der Waals surface area contributed by atoms with Crippen LogP contribution in [0, 0.1) is 6.92 Å². The van der Waals surface area contributed by atoms with E-state index in [1.165, 1.54) is 0 Å². The van der Waals surface area contributed by atoms with E-state index in [-0.39, 0.29) is 0 Å². The molecule has 0 saturated heterocycles. The number of anilines is 1. The number of aromatic amines is 1. The predicted molar refractivity (Wildman–Crippen MR) is 60.9 cm³/mol. The van der Waals surface area contributed by atoms with Gasteiger partial charge in [0.15, 0.2) is 5.95 Å². The van der Waals surface area contributed by atoms with Crippen LogP contribution >= 0.6 is 15.9 Å². The van der Waals surface area contributed by atoms with Gasteiger partial charge in [0.05, 0.1) is 5.69 Å². The fourth-order valence-electron chi connectivity index (χ4n) is 1.40. The third kappa shape index (κ3) is 1.53. The van der Waals surface area contributed by atoms with Crippen LogP contribution in [0.15, 0.2) is 28.7 Å². The second-order valence-electron chi connectivity index (χ2n) is 3.08. The number of H-pyrrole nitrogens is 1. The molecule has 0 bridgehead atoms. The van der Waals surface area contributed by atoms with Crippen molar-refractivity contribution in [3.8, 4) is 11.3 Å². The molecule has 14 heavy (non-hydrogen) atoms. The summed E-state index contributed by atoms with van der Waals surface area (Å²) in [7, 11) is 0. The molecule has 0 atom stereocenters. The van der Waals surface area contributed by atoms with Gasteiger partial charge >= 0.3 is 0 Å². The van der Waals surface area contributed by atoms with E-state index in [4.69, 9.17) is 5.73 Å². The SMILES string of the molecule is Cc1[nH]c(N)nc1-c1ccccc1Br. The molecule has 1 aromatic heterocycles. The quantitative estimate of drug-likeness (QED) is 0.819. The first-order valence-electron chi connectivity index (χ1n) is 4.25. The molecule has 0 radical (unpaired) electrons. The molecule has 72 valence electrons. The van der Waals surface area contributed by atoms with E-state index in [1.807, 2.05) is 31.2 Å². The summed E-state index contributed by atoms with van der Waals surface area (Å²) in [4.78, 5) is 7.21. The molecule has 0 aliphatic carbocycles. The molecule has 0 spiro atoms. The van der Waals surface area contributed by atoms with Crippen LogP contribution < -0.4 is 5.73 Å². The highest BCUT2D eigenvalue weighted by Crippen LogP contribution is 2.28. The molecule has 3 nitrogen and oxygen atoms in total. The molecule has 2 rings (SSSR count). The van der Waals surface area contributed by atoms with E-state index in [1.54, 1.807) is 0 Å². The minimum absolute atomic E-state index is 0.452. The van der Waals surface area contributed by atoms with Gasteiger partial charge in [0.2, 0.25) is 0 Å². The maximum atomic E-state index is 5.58. The standard InChI is InChI=1S/C10H10BrN3/c1-6-9(14-10(12)13-6)7-4-2-3-5-8(7)11/h2-5H,1H3,(H3,12,13,14). The zero-order valence-corrected chi connectivity index (χ0v) is 9.30. The number of hydrogen-bond donors (Lipinski definition) is 2. The van der Waals surface area contributed by atoms with Crippen molar-refractivity contribution < 1.29 is 0 Å². The molecular weight excluding hydrogens is 242 g/mol. The number of benzene rings is 1. The maximum absolute atomic E-state index is 5.58. The Kier molecular flexibility index (Phi) is 2.29. The molecule has 3 N–H and O–H groups in total. The van der Waals surface area contributed by atoms with Crippen LogP contribution in [-0.4, -0.2) is 9.97 Å². The summed E-state index contributed by atoms with van der Waals surface area (Å²) in [5.74, 6) is 0.452.